The molecule has 1 fully saturated rings. The molecule has 0 aromatic carbocycles. The highest BCUT2D eigenvalue weighted by Crippen LogP contribution is 2.09. The summed E-state index contributed by atoms with van der Waals surface area (Å²) in [5.41, 5.74) is 0. The lowest BCUT2D eigenvalue weighted by molar-refractivity contribution is 0.136. The summed E-state index contributed by atoms with van der Waals surface area (Å²) in [7, 11) is 0. The average Bonchev–Trinajstić information content (AvgIpc) is 2.75. The molecule has 6 heteroatoms. The first-order valence-corrected chi connectivity index (χ1v) is 7.11. The zero-order valence-corrected chi connectivity index (χ0v) is 11.9. The minimum absolute atomic E-state index is 0.227. The second-order valence-corrected chi connectivity index (χ2v) is 5.16. The van der Waals surface area contributed by atoms with E-state index in [0.717, 1.165) is 51.4 Å². The van der Waals surface area contributed by atoms with Crippen LogP contribution in [0.15, 0.2) is 4.52 Å². The Morgan fingerprint density at radius 3 is 2.84 bits per heavy atom. The Labute approximate surface area is 114 Å². The molecule has 0 radical (unpaired) electrons. The lowest BCUT2D eigenvalue weighted by Crippen LogP contribution is -2.38. The van der Waals surface area contributed by atoms with Gasteiger partial charge in [0.05, 0.1) is 13.2 Å². The Kier molecular flexibility index (Phi) is 5.30. The fourth-order valence-corrected chi connectivity index (χ4v) is 2.40. The molecule has 1 aromatic heterocycles. The molecule has 0 saturated carbocycles. The lowest BCUT2D eigenvalue weighted by Gasteiger charge is -2.26. The maximum Gasteiger partial charge on any atom is 0.226 e. The van der Waals surface area contributed by atoms with Crippen molar-refractivity contribution in [2.24, 2.45) is 0 Å². The summed E-state index contributed by atoms with van der Waals surface area (Å²) < 4.78 is 5.13. The van der Waals surface area contributed by atoms with Gasteiger partial charge in [-0.25, -0.2) is 0 Å². The van der Waals surface area contributed by atoms with Crippen LogP contribution >= 0.6 is 0 Å². The minimum Gasteiger partial charge on any atom is -0.395 e. The standard InChI is InChI=1S/C13H24N4O2/c1-3-13-14-12(15-19-13)9-16-5-4-6-17(8-7-16)11(2)10-18/h11,18H,3-10H2,1-2H3. The molecule has 19 heavy (non-hydrogen) atoms. The van der Waals surface area contributed by atoms with Crippen molar-refractivity contribution >= 4 is 0 Å². The van der Waals surface area contributed by atoms with Gasteiger partial charge in [-0.1, -0.05) is 12.1 Å². The summed E-state index contributed by atoms with van der Waals surface area (Å²) in [5.74, 6) is 1.49. The van der Waals surface area contributed by atoms with E-state index in [1.54, 1.807) is 0 Å². The summed E-state index contributed by atoms with van der Waals surface area (Å²) in [6, 6.07) is 0.247. The first kappa shape index (κ1) is 14.4. The van der Waals surface area contributed by atoms with Gasteiger partial charge in [-0.2, -0.15) is 4.98 Å². The molecule has 1 N–H and O–H groups in total. The normalized spacial score (nSPS) is 20.4. The van der Waals surface area contributed by atoms with Gasteiger partial charge in [-0.15, -0.1) is 0 Å². The molecule has 108 valence electrons. The highest BCUT2D eigenvalue weighted by molar-refractivity contribution is 4.87. The summed E-state index contributed by atoms with van der Waals surface area (Å²) in [4.78, 5) is 9.05. The van der Waals surface area contributed by atoms with E-state index < -0.39 is 0 Å². The lowest BCUT2D eigenvalue weighted by atomic mass is 10.3. The van der Waals surface area contributed by atoms with Crippen LogP contribution in [0, 0.1) is 0 Å². The number of aliphatic hydroxyl groups is 1. The van der Waals surface area contributed by atoms with Gasteiger partial charge in [-0.3, -0.25) is 9.80 Å². The van der Waals surface area contributed by atoms with Crippen LogP contribution in [0.5, 0.6) is 0 Å². The molecule has 0 amide bonds. The van der Waals surface area contributed by atoms with Crippen LogP contribution in [0.1, 0.15) is 32.0 Å². The van der Waals surface area contributed by atoms with Gasteiger partial charge in [0, 0.05) is 25.6 Å². The Balaban J connectivity index is 1.85. The Morgan fingerprint density at radius 2 is 2.16 bits per heavy atom. The quantitative estimate of drug-likeness (QED) is 0.840. The monoisotopic (exact) mass is 268 g/mol. The predicted octanol–water partition coefficient (Wildman–Crippen LogP) is 0.520. The van der Waals surface area contributed by atoms with E-state index in [1.165, 1.54) is 0 Å². The molecule has 2 heterocycles. The summed E-state index contributed by atoms with van der Waals surface area (Å²) in [6.45, 7) is 9.13. The molecule has 1 aliphatic rings. The third-order valence-electron chi connectivity index (χ3n) is 3.69. The smallest absolute Gasteiger partial charge is 0.226 e. The van der Waals surface area contributed by atoms with Crippen molar-refractivity contribution in [1.29, 1.82) is 0 Å². The van der Waals surface area contributed by atoms with Crippen molar-refractivity contribution in [3.05, 3.63) is 11.7 Å². The molecule has 1 saturated heterocycles. The second kappa shape index (κ2) is 6.98. The number of nitrogens with zero attached hydrogens (tertiary/aromatic N) is 4. The van der Waals surface area contributed by atoms with Crippen molar-refractivity contribution in [2.75, 3.05) is 32.8 Å². The van der Waals surface area contributed by atoms with Gasteiger partial charge in [0.1, 0.15) is 0 Å². The van der Waals surface area contributed by atoms with Crippen LogP contribution in [-0.2, 0) is 13.0 Å². The van der Waals surface area contributed by atoms with E-state index in [0.29, 0.717) is 5.89 Å². The Hall–Kier alpha value is -0.980. The molecule has 2 rings (SSSR count). The number of aliphatic hydroxyl groups excluding tert-OH is 1. The van der Waals surface area contributed by atoms with E-state index >= 15 is 0 Å². The van der Waals surface area contributed by atoms with E-state index in [1.807, 2.05) is 6.92 Å². The fourth-order valence-electron chi connectivity index (χ4n) is 2.40. The van der Waals surface area contributed by atoms with E-state index in [4.69, 9.17) is 4.52 Å². The zero-order valence-electron chi connectivity index (χ0n) is 11.9. The average molecular weight is 268 g/mol. The second-order valence-electron chi connectivity index (χ2n) is 5.16. The minimum atomic E-state index is 0.227. The van der Waals surface area contributed by atoms with Crippen molar-refractivity contribution in [2.45, 2.75) is 39.3 Å². The van der Waals surface area contributed by atoms with Crippen molar-refractivity contribution in [3.63, 3.8) is 0 Å². The van der Waals surface area contributed by atoms with Crippen LogP contribution < -0.4 is 0 Å². The van der Waals surface area contributed by atoms with Gasteiger partial charge in [0.25, 0.3) is 0 Å². The molecule has 1 unspecified atom stereocenters. The molecule has 6 nitrogen and oxygen atoms in total. The van der Waals surface area contributed by atoms with Gasteiger partial charge in [0.15, 0.2) is 5.82 Å². The number of rotatable bonds is 5. The molecular formula is C13H24N4O2. The first-order chi connectivity index (χ1) is 9.22. The summed E-state index contributed by atoms with van der Waals surface area (Å²) in [6.07, 6.45) is 1.90. The fraction of sp³-hybridized carbons (Fsp3) is 0.846. The SMILES string of the molecule is CCc1nc(CN2CCCN(C(C)CO)CC2)no1. The summed E-state index contributed by atoms with van der Waals surface area (Å²) >= 11 is 0. The number of hydrogen-bond donors (Lipinski definition) is 1. The molecule has 0 aliphatic carbocycles. The number of aromatic nitrogens is 2. The Morgan fingerprint density at radius 1 is 1.32 bits per heavy atom. The van der Waals surface area contributed by atoms with Crippen molar-refractivity contribution in [3.8, 4) is 0 Å². The molecule has 1 aliphatic heterocycles. The topological polar surface area (TPSA) is 65.6 Å². The maximum absolute atomic E-state index is 9.22. The van der Waals surface area contributed by atoms with Gasteiger partial charge in [-0.05, 0) is 26.4 Å². The maximum atomic E-state index is 9.22. The van der Waals surface area contributed by atoms with Gasteiger partial charge in [0.2, 0.25) is 5.89 Å². The molecule has 0 spiro atoms. The summed E-state index contributed by atoms with van der Waals surface area (Å²) in [5, 5.41) is 13.2. The van der Waals surface area contributed by atoms with E-state index in [-0.39, 0.29) is 12.6 Å². The first-order valence-electron chi connectivity index (χ1n) is 7.11. The van der Waals surface area contributed by atoms with Crippen molar-refractivity contribution in [1.82, 2.24) is 19.9 Å². The highest BCUT2D eigenvalue weighted by Gasteiger charge is 2.19. The van der Waals surface area contributed by atoms with Gasteiger partial charge >= 0.3 is 0 Å². The van der Waals surface area contributed by atoms with Crippen LogP contribution in [0.2, 0.25) is 0 Å². The number of hydrogen-bond acceptors (Lipinski definition) is 6. The third kappa shape index (κ3) is 3.99. The number of aryl methyl sites for hydroxylation is 1. The largest absolute Gasteiger partial charge is 0.395 e. The molecule has 1 atom stereocenters. The van der Waals surface area contributed by atoms with E-state index in [9.17, 15) is 5.11 Å². The van der Waals surface area contributed by atoms with Gasteiger partial charge < -0.3 is 9.63 Å². The van der Waals surface area contributed by atoms with Crippen molar-refractivity contribution < 1.29 is 9.63 Å². The Bertz CT molecular complexity index is 382. The van der Waals surface area contributed by atoms with Crippen LogP contribution in [0.25, 0.3) is 0 Å². The molecule has 1 aromatic rings. The zero-order chi connectivity index (χ0) is 13.7. The van der Waals surface area contributed by atoms with Crippen LogP contribution in [0.3, 0.4) is 0 Å². The third-order valence-corrected chi connectivity index (χ3v) is 3.69. The predicted molar refractivity (Wildman–Crippen MR) is 71.7 cm³/mol. The van der Waals surface area contributed by atoms with E-state index in [2.05, 4.69) is 26.9 Å². The van der Waals surface area contributed by atoms with Crippen LogP contribution in [-0.4, -0.2) is 63.9 Å². The van der Waals surface area contributed by atoms with Crippen LogP contribution in [0.4, 0.5) is 0 Å². The highest BCUT2D eigenvalue weighted by atomic mass is 16.5. The molecular weight excluding hydrogens is 244 g/mol. The molecule has 0 bridgehead atoms.